The summed E-state index contributed by atoms with van der Waals surface area (Å²) in [4.78, 5) is 17.8. The van der Waals surface area contributed by atoms with Crippen molar-refractivity contribution in [3.05, 3.63) is 18.3 Å². The van der Waals surface area contributed by atoms with Crippen molar-refractivity contribution in [3.8, 4) is 0 Å². The number of carbonyl (C=O) groups excluding carboxylic acids is 1. The van der Waals surface area contributed by atoms with Crippen molar-refractivity contribution in [3.63, 3.8) is 0 Å². The first-order valence-electron chi connectivity index (χ1n) is 3.49. The molecule has 12 heavy (non-hydrogen) atoms. The Hall–Kier alpha value is -1.71. The summed E-state index contributed by atoms with van der Waals surface area (Å²) in [6.45, 7) is 0. The second kappa shape index (κ2) is 4.23. The second-order valence-corrected chi connectivity index (χ2v) is 2.04. The van der Waals surface area contributed by atoms with Crippen molar-refractivity contribution in [2.75, 3.05) is 12.4 Å². The Kier molecular flexibility index (Phi) is 2.95. The van der Waals surface area contributed by atoms with E-state index in [1.807, 2.05) is 6.07 Å². The predicted octanol–water partition coefficient (Wildman–Crippen LogP) is 1.02. The van der Waals surface area contributed by atoms with Crippen LogP contribution in [0.4, 0.5) is 11.5 Å². The maximum Gasteiger partial charge on any atom is 0.175 e. The van der Waals surface area contributed by atoms with Gasteiger partial charge < -0.3 is 5.32 Å². The number of pyridine rings is 1. The SMILES string of the molecule is CNc1cccnc1/N=C\C=O. The standard InChI is InChI=1S/C8H9N3O/c1-9-7-3-2-4-10-8(7)11-5-6-12/h2-6,9H,1H3/b11-5-. The van der Waals surface area contributed by atoms with Gasteiger partial charge in [0, 0.05) is 13.2 Å². The molecule has 0 unspecified atom stereocenters. The average molecular weight is 163 g/mol. The van der Waals surface area contributed by atoms with Crippen molar-refractivity contribution in [1.29, 1.82) is 0 Å². The summed E-state index contributed by atoms with van der Waals surface area (Å²) in [6, 6.07) is 3.64. The topological polar surface area (TPSA) is 54.4 Å². The lowest BCUT2D eigenvalue weighted by atomic mass is 10.4. The first-order valence-corrected chi connectivity index (χ1v) is 3.49. The maximum atomic E-state index is 9.98. The zero-order chi connectivity index (χ0) is 8.81. The Bertz CT molecular complexity index is 296. The van der Waals surface area contributed by atoms with Crippen LogP contribution in [-0.2, 0) is 4.79 Å². The van der Waals surface area contributed by atoms with Crippen LogP contribution >= 0.6 is 0 Å². The van der Waals surface area contributed by atoms with E-state index in [1.165, 1.54) is 6.21 Å². The minimum absolute atomic E-state index is 0.520. The molecule has 1 rings (SSSR count). The third-order valence-electron chi connectivity index (χ3n) is 1.31. The van der Waals surface area contributed by atoms with Crippen molar-refractivity contribution >= 4 is 24.0 Å². The fourth-order valence-corrected chi connectivity index (χ4v) is 0.796. The van der Waals surface area contributed by atoms with E-state index >= 15 is 0 Å². The van der Waals surface area contributed by atoms with Crippen molar-refractivity contribution < 1.29 is 4.79 Å². The normalized spacial score (nSPS) is 10.1. The third kappa shape index (κ3) is 1.88. The van der Waals surface area contributed by atoms with Gasteiger partial charge in [0.1, 0.15) is 0 Å². The Morgan fingerprint density at radius 3 is 3.17 bits per heavy atom. The number of aromatic nitrogens is 1. The van der Waals surface area contributed by atoms with E-state index in [0.29, 0.717) is 12.1 Å². The zero-order valence-corrected chi connectivity index (χ0v) is 6.69. The van der Waals surface area contributed by atoms with Crippen LogP contribution < -0.4 is 5.32 Å². The molecule has 1 N–H and O–H groups in total. The summed E-state index contributed by atoms with van der Waals surface area (Å²) in [6.07, 6.45) is 3.41. The Labute approximate surface area is 70.4 Å². The molecule has 0 aliphatic rings. The van der Waals surface area contributed by atoms with Gasteiger partial charge in [0.2, 0.25) is 0 Å². The van der Waals surface area contributed by atoms with Gasteiger partial charge >= 0.3 is 0 Å². The van der Waals surface area contributed by atoms with Crippen LogP contribution in [-0.4, -0.2) is 24.5 Å². The lowest BCUT2D eigenvalue weighted by Crippen LogP contribution is -1.89. The lowest BCUT2D eigenvalue weighted by Gasteiger charge is -2.00. The van der Waals surface area contributed by atoms with Gasteiger partial charge in [-0.1, -0.05) is 0 Å². The van der Waals surface area contributed by atoms with E-state index in [2.05, 4.69) is 15.3 Å². The van der Waals surface area contributed by atoms with Crippen LogP contribution in [0.3, 0.4) is 0 Å². The first-order chi connectivity index (χ1) is 5.88. The molecule has 0 aliphatic heterocycles. The maximum absolute atomic E-state index is 9.98. The number of aliphatic imine (C=N–C) groups is 1. The molecule has 0 fully saturated rings. The summed E-state index contributed by atoms with van der Waals surface area (Å²) < 4.78 is 0. The molecule has 0 amide bonds. The monoisotopic (exact) mass is 163 g/mol. The molecule has 0 saturated heterocycles. The first kappa shape index (κ1) is 8.39. The van der Waals surface area contributed by atoms with Crippen molar-refractivity contribution in [2.45, 2.75) is 0 Å². The highest BCUT2D eigenvalue weighted by atomic mass is 16.1. The number of anilines is 1. The predicted molar refractivity (Wildman–Crippen MR) is 48.0 cm³/mol. The van der Waals surface area contributed by atoms with Gasteiger partial charge in [-0.15, -0.1) is 0 Å². The molecule has 1 heterocycles. The van der Waals surface area contributed by atoms with Crippen LogP contribution in [0.25, 0.3) is 0 Å². The van der Waals surface area contributed by atoms with E-state index in [4.69, 9.17) is 0 Å². The number of hydrogen-bond acceptors (Lipinski definition) is 4. The quantitative estimate of drug-likeness (QED) is 0.534. The summed E-state index contributed by atoms with van der Waals surface area (Å²) in [5.74, 6) is 0.520. The van der Waals surface area contributed by atoms with Gasteiger partial charge in [-0.3, -0.25) is 4.79 Å². The van der Waals surface area contributed by atoms with Gasteiger partial charge in [-0.25, -0.2) is 9.98 Å². The molecule has 1 aromatic heterocycles. The molecule has 0 spiro atoms. The Morgan fingerprint density at radius 1 is 1.67 bits per heavy atom. The molecule has 0 aliphatic carbocycles. The number of nitrogens with one attached hydrogen (secondary N) is 1. The Morgan fingerprint density at radius 2 is 2.50 bits per heavy atom. The second-order valence-electron chi connectivity index (χ2n) is 2.04. The van der Waals surface area contributed by atoms with E-state index < -0.39 is 0 Å². The highest BCUT2D eigenvalue weighted by Gasteiger charge is 1.95. The van der Waals surface area contributed by atoms with Crippen molar-refractivity contribution in [2.24, 2.45) is 4.99 Å². The van der Waals surface area contributed by atoms with Gasteiger partial charge in [-0.2, -0.15) is 0 Å². The Balaban J connectivity index is 2.96. The summed E-state index contributed by atoms with van der Waals surface area (Å²) >= 11 is 0. The molecule has 0 bridgehead atoms. The summed E-state index contributed by atoms with van der Waals surface area (Å²) in [5.41, 5.74) is 0.801. The largest absolute Gasteiger partial charge is 0.385 e. The summed E-state index contributed by atoms with van der Waals surface area (Å²) in [7, 11) is 1.77. The highest BCUT2D eigenvalue weighted by Crippen LogP contribution is 2.19. The lowest BCUT2D eigenvalue weighted by molar-refractivity contribution is -0.102. The highest BCUT2D eigenvalue weighted by molar-refractivity contribution is 6.13. The molecular formula is C8H9N3O. The van der Waals surface area contributed by atoms with Gasteiger partial charge in [0.25, 0.3) is 0 Å². The van der Waals surface area contributed by atoms with Crippen molar-refractivity contribution in [1.82, 2.24) is 4.98 Å². The fraction of sp³-hybridized carbons (Fsp3) is 0.125. The van der Waals surface area contributed by atoms with Crippen LogP contribution in [0.2, 0.25) is 0 Å². The summed E-state index contributed by atoms with van der Waals surface area (Å²) in [5, 5.41) is 2.91. The van der Waals surface area contributed by atoms with Gasteiger partial charge in [-0.05, 0) is 12.1 Å². The minimum atomic E-state index is 0.520. The molecule has 0 aromatic carbocycles. The number of hydrogen-bond donors (Lipinski definition) is 1. The third-order valence-corrected chi connectivity index (χ3v) is 1.31. The fourth-order valence-electron chi connectivity index (χ4n) is 0.796. The average Bonchev–Trinajstić information content (AvgIpc) is 2.15. The molecular weight excluding hydrogens is 154 g/mol. The van der Waals surface area contributed by atoms with Crippen LogP contribution in [0.15, 0.2) is 23.3 Å². The van der Waals surface area contributed by atoms with Crippen LogP contribution in [0, 0.1) is 0 Å². The molecule has 1 aromatic rings. The molecule has 4 heteroatoms. The van der Waals surface area contributed by atoms with Crippen LogP contribution in [0.1, 0.15) is 0 Å². The number of carbonyl (C=O) groups is 1. The van der Waals surface area contributed by atoms with E-state index in [9.17, 15) is 4.79 Å². The molecule has 62 valence electrons. The molecule has 4 nitrogen and oxygen atoms in total. The minimum Gasteiger partial charge on any atom is -0.385 e. The van der Waals surface area contributed by atoms with Gasteiger partial charge in [0.05, 0.1) is 11.9 Å². The number of nitrogens with zero attached hydrogens (tertiary/aromatic N) is 2. The van der Waals surface area contributed by atoms with Gasteiger partial charge in [0.15, 0.2) is 12.1 Å². The van der Waals surface area contributed by atoms with Crippen LogP contribution in [0.5, 0.6) is 0 Å². The zero-order valence-electron chi connectivity index (χ0n) is 6.69. The molecule has 0 radical (unpaired) electrons. The molecule has 0 saturated carbocycles. The van der Waals surface area contributed by atoms with E-state index in [0.717, 1.165) is 5.69 Å². The smallest absolute Gasteiger partial charge is 0.175 e. The van der Waals surface area contributed by atoms with E-state index in [1.54, 1.807) is 19.3 Å². The molecule has 0 atom stereocenters. The van der Waals surface area contributed by atoms with E-state index in [-0.39, 0.29) is 0 Å². The number of rotatable bonds is 3. The number of aldehydes is 1.